The lowest BCUT2D eigenvalue weighted by Gasteiger charge is -2.26. The molecular formula is C19H22N2O4. The largest absolute Gasteiger partial charge is 0.468 e. The van der Waals surface area contributed by atoms with Crippen molar-refractivity contribution in [1.82, 2.24) is 10.2 Å². The van der Waals surface area contributed by atoms with Gasteiger partial charge in [-0.1, -0.05) is 0 Å². The van der Waals surface area contributed by atoms with Gasteiger partial charge >= 0.3 is 5.97 Å². The average Bonchev–Trinajstić information content (AvgIpc) is 3.35. The number of amides is 1. The minimum Gasteiger partial charge on any atom is -0.468 e. The Morgan fingerprint density at radius 1 is 1.16 bits per heavy atom. The summed E-state index contributed by atoms with van der Waals surface area (Å²) >= 11 is 0. The van der Waals surface area contributed by atoms with Gasteiger partial charge in [-0.25, -0.2) is 4.79 Å². The van der Waals surface area contributed by atoms with Crippen LogP contribution >= 0.6 is 0 Å². The number of likely N-dealkylation sites (tertiary alicyclic amines) is 1. The van der Waals surface area contributed by atoms with Crippen molar-refractivity contribution in [3.8, 4) is 0 Å². The Labute approximate surface area is 146 Å². The molecule has 0 radical (unpaired) electrons. The zero-order valence-corrected chi connectivity index (χ0v) is 14.2. The topological polar surface area (TPSA) is 71.8 Å². The van der Waals surface area contributed by atoms with Crippen molar-refractivity contribution in [2.75, 3.05) is 26.7 Å². The Bertz CT molecular complexity index is 704. The number of hydrogen-bond donors (Lipinski definition) is 1. The summed E-state index contributed by atoms with van der Waals surface area (Å²) < 4.78 is 10.2. The number of esters is 1. The Morgan fingerprint density at radius 3 is 2.44 bits per heavy atom. The van der Waals surface area contributed by atoms with Crippen LogP contribution in [0.4, 0.5) is 0 Å². The van der Waals surface area contributed by atoms with E-state index in [2.05, 4.69) is 15.0 Å². The van der Waals surface area contributed by atoms with Crippen LogP contribution in [0.5, 0.6) is 0 Å². The van der Waals surface area contributed by atoms with E-state index in [0.717, 1.165) is 18.8 Å². The Balaban J connectivity index is 1.64. The van der Waals surface area contributed by atoms with Gasteiger partial charge in [0.05, 0.1) is 25.0 Å². The number of nitrogens with zero attached hydrogens (tertiary/aromatic N) is 1. The highest BCUT2D eigenvalue weighted by Crippen LogP contribution is 2.25. The van der Waals surface area contributed by atoms with Crippen molar-refractivity contribution in [3.05, 3.63) is 59.5 Å². The number of furan rings is 1. The lowest BCUT2D eigenvalue weighted by molar-refractivity contribution is 0.0600. The molecule has 0 bridgehead atoms. The third-order valence-electron chi connectivity index (χ3n) is 4.48. The highest BCUT2D eigenvalue weighted by molar-refractivity contribution is 5.96. The molecule has 1 fully saturated rings. The van der Waals surface area contributed by atoms with Crippen LogP contribution in [0, 0.1) is 0 Å². The zero-order valence-electron chi connectivity index (χ0n) is 14.2. The number of benzene rings is 1. The number of carbonyl (C=O) groups is 2. The fraction of sp³-hybridized carbons (Fsp3) is 0.368. The first kappa shape index (κ1) is 17.2. The molecule has 1 N–H and O–H groups in total. The van der Waals surface area contributed by atoms with Crippen LogP contribution in [0.2, 0.25) is 0 Å². The van der Waals surface area contributed by atoms with E-state index in [-0.39, 0.29) is 11.9 Å². The van der Waals surface area contributed by atoms with Gasteiger partial charge in [0, 0.05) is 12.1 Å². The second kappa shape index (κ2) is 7.98. The molecule has 6 heteroatoms. The summed E-state index contributed by atoms with van der Waals surface area (Å²) in [6.45, 7) is 2.50. The molecule has 2 heterocycles. The third-order valence-corrected chi connectivity index (χ3v) is 4.48. The molecule has 2 aromatic rings. The quantitative estimate of drug-likeness (QED) is 0.817. The van der Waals surface area contributed by atoms with Gasteiger partial charge in [-0.05, 0) is 62.3 Å². The van der Waals surface area contributed by atoms with E-state index in [1.165, 1.54) is 20.0 Å². The second-order valence-electron chi connectivity index (χ2n) is 6.05. The summed E-state index contributed by atoms with van der Waals surface area (Å²) in [5.74, 6) is 0.272. The number of methoxy groups -OCH3 is 1. The molecule has 25 heavy (non-hydrogen) atoms. The van der Waals surface area contributed by atoms with E-state index in [0.29, 0.717) is 17.7 Å². The maximum Gasteiger partial charge on any atom is 0.337 e. The molecule has 1 aliphatic heterocycles. The van der Waals surface area contributed by atoms with Crippen LogP contribution in [0.15, 0.2) is 47.1 Å². The van der Waals surface area contributed by atoms with Crippen LogP contribution in [-0.2, 0) is 4.74 Å². The molecule has 132 valence electrons. The number of nitrogens with one attached hydrogen (secondary N) is 1. The first-order chi connectivity index (χ1) is 12.2. The predicted octanol–water partition coefficient (Wildman–Crippen LogP) is 2.63. The van der Waals surface area contributed by atoms with Gasteiger partial charge in [0.2, 0.25) is 0 Å². The third kappa shape index (κ3) is 4.09. The molecule has 6 nitrogen and oxygen atoms in total. The van der Waals surface area contributed by atoms with Gasteiger partial charge < -0.3 is 14.5 Å². The molecule has 0 aliphatic carbocycles. The zero-order chi connectivity index (χ0) is 17.6. The predicted molar refractivity (Wildman–Crippen MR) is 92.4 cm³/mol. The summed E-state index contributed by atoms with van der Waals surface area (Å²) in [5, 5.41) is 2.97. The van der Waals surface area contributed by atoms with Crippen LogP contribution in [0.3, 0.4) is 0 Å². The van der Waals surface area contributed by atoms with Crippen LogP contribution < -0.4 is 5.32 Å². The van der Waals surface area contributed by atoms with E-state index < -0.39 is 5.97 Å². The van der Waals surface area contributed by atoms with Crippen molar-refractivity contribution in [2.24, 2.45) is 0 Å². The molecule has 1 amide bonds. The van der Waals surface area contributed by atoms with Crippen LogP contribution in [-0.4, -0.2) is 43.5 Å². The first-order valence-electron chi connectivity index (χ1n) is 8.43. The summed E-state index contributed by atoms with van der Waals surface area (Å²) in [7, 11) is 1.33. The first-order valence-corrected chi connectivity index (χ1v) is 8.43. The maximum absolute atomic E-state index is 12.4. The maximum atomic E-state index is 12.4. The van der Waals surface area contributed by atoms with Crippen molar-refractivity contribution in [3.63, 3.8) is 0 Å². The molecule has 1 unspecified atom stereocenters. The summed E-state index contributed by atoms with van der Waals surface area (Å²) in [4.78, 5) is 26.2. The van der Waals surface area contributed by atoms with Gasteiger partial charge in [0.1, 0.15) is 5.76 Å². The molecule has 1 aromatic heterocycles. The average molecular weight is 342 g/mol. The van der Waals surface area contributed by atoms with E-state index in [4.69, 9.17) is 4.42 Å². The van der Waals surface area contributed by atoms with Crippen molar-refractivity contribution >= 4 is 11.9 Å². The Kier molecular flexibility index (Phi) is 5.50. The summed E-state index contributed by atoms with van der Waals surface area (Å²) in [6.07, 6.45) is 3.99. The Morgan fingerprint density at radius 2 is 1.84 bits per heavy atom. The summed E-state index contributed by atoms with van der Waals surface area (Å²) in [5.41, 5.74) is 0.928. The minimum atomic E-state index is -0.418. The molecule has 0 spiro atoms. The fourth-order valence-corrected chi connectivity index (χ4v) is 3.11. The van der Waals surface area contributed by atoms with Gasteiger partial charge in [-0.3, -0.25) is 9.69 Å². The van der Waals surface area contributed by atoms with Crippen molar-refractivity contribution < 1.29 is 18.7 Å². The lowest BCUT2D eigenvalue weighted by atomic mass is 10.1. The molecule has 1 aliphatic rings. The van der Waals surface area contributed by atoms with E-state index in [9.17, 15) is 9.59 Å². The van der Waals surface area contributed by atoms with Gasteiger partial charge in [0.25, 0.3) is 5.91 Å². The van der Waals surface area contributed by atoms with Crippen molar-refractivity contribution in [2.45, 2.75) is 18.9 Å². The normalized spacial score (nSPS) is 15.7. The number of carbonyl (C=O) groups excluding carboxylic acids is 2. The van der Waals surface area contributed by atoms with Gasteiger partial charge in [-0.2, -0.15) is 0 Å². The molecule has 1 atom stereocenters. The fourth-order valence-electron chi connectivity index (χ4n) is 3.11. The monoisotopic (exact) mass is 342 g/mol. The number of rotatable bonds is 6. The number of hydrogen-bond acceptors (Lipinski definition) is 5. The lowest BCUT2D eigenvalue weighted by Crippen LogP contribution is -2.36. The molecular weight excluding hydrogens is 320 g/mol. The smallest absolute Gasteiger partial charge is 0.337 e. The number of ether oxygens (including phenoxy) is 1. The molecule has 1 aromatic carbocycles. The summed E-state index contributed by atoms with van der Waals surface area (Å²) in [6, 6.07) is 10.3. The van der Waals surface area contributed by atoms with E-state index >= 15 is 0 Å². The van der Waals surface area contributed by atoms with E-state index in [1.807, 2.05) is 12.1 Å². The highest BCUT2D eigenvalue weighted by Gasteiger charge is 2.26. The standard InChI is InChI=1S/C19H22N2O4/c1-24-19(23)15-8-6-14(7-9-15)18(22)20-13-16(17-5-4-12-25-17)21-10-2-3-11-21/h4-9,12,16H,2-3,10-11,13H2,1H3,(H,20,22). The van der Waals surface area contributed by atoms with Gasteiger partial charge in [0.15, 0.2) is 0 Å². The van der Waals surface area contributed by atoms with Crippen molar-refractivity contribution in [1.29, 1.82) is 0 Å². The van der Waals surface area contributed by atoms with Crippen LogP contribution in [0.1, 0.15) is 45.4 Å². The molecule has 0 saturated carbocycles. The second-order valence-corrected chi connectivity index (χ2v) is 6.05. The molecule has 1 saturated heterocycles. The Hall–Kier alpha value is -2.60. The van der Waals surface area contributed by atoms with Crippen LogP contribution in [0.25, 0.3) is 0 Å². The highest BCUT2D eigenvalue weighted by atomic mass is 16.5. The molecule has 3 rings (SSSR count). The van der Waals surface area contributed by atoms with Gasteiger partial charge in [-0.15, -0.1) is 0 Å². The SMILES string of the molecule is COC(=O)c1ccc(C(=O)NCC(c2ccco2)N2CCCC2)cc1. The minimum absolute atomic E-state index is 0.0378. The van der Waals surface area contributed by atoms with E-state index in [1.54, 1.807) is 30.5 Å².